The van der Waals surface area contributed by atoms with Crippen molar-refractivity contribution in [3.63, 3.8) is 0 Å². The maximum absolute atomic E-state index is 12.0. The number of nitrogens with zero attached hydrogens (tertiary/aromatic N) is 2. The number of benzene rings is 2. The van der Waals surface area contributed by atoms with Crippen molar-refractivity contribution in [1.29, 1.82) is 0 Å². The number of nitro benzene ring substituents is 1. The summed E-state index contributed by atoms with van der Waals surface area (Å²) < 4.78 is 0. The smallest absolute Gasteiger partial charge is 0.366 e. The SMILES string of the molecule is Cc1ccc(C(N)=NOC(=O)c2cccc([N+](=O)[O-])c2C)cc1. The van der Waals surface area contributed by atoms with Crippen LogP contribution in [0.2, 0.25) is 0 Å². The van der Waals surface area contributed by atoms with E-state index in [1.54, 1.807) is 12.1 Å². The minimum Gasteiger partial charge on any atom is -0.380 e. The molecule has 2 rings (SSSR count). The molecule has 0 saturated heterocycles. The van der Waals surface area contributed by atoms with Crippen LogP contribution in [0.3, 0.4) is 0 Å². The first-order valence-electron chi connectivity index (χ1n) is 6.76. The predicted octanol–water partition coefficient (Wildman–Crippen LogP) is 2.69. The van der Waals surface area contributed by atoms with E-state index < -0.39 is 10.9 Å². The van der Waals surface area contributed by atoms with Gasteiger partial charge in [-0.05, 0) is 19.9 Å². The Labute approximate surface area is 132 Å². The monoisotopic (exact) mass is 313 g/mol. The largest absolute Gasteiger partial charge is 0.380 e. The van der Waals surface area contributed by atoms with Crippen LogP contribution in [-0.2, 0) is 4.84 Å². The molecule has 0 saturated carbocycles. The van der Waals surface area contributed by atoms with Crippen molar-refractivity contribution in [3.05, 3.63) is 74.8 Å². The van der Waals surface area contributed by atoms with Crippen molar-refractivity contribution in [2.45, 2.75) is 13.8 Å². The number of aryl methyl sites for hydroxylation is 1. The molecule has 2 aromatic rings. The molecular formula is C16H15N3O4. The van der Waals surface area contributed by atoms with Gasteiger partial charge in [-0.25, -0.2) is 4.79 Å². The molecule has 0 aliphatic carbocycles. The Balaban J connectivity index is 2.19. The second-order valence-corrected chi connectivity index (χ2v) is 4.93. The van der Waals surface area contributed by atoms with E-state index in [-0.39, 0.29) is 22.6 Å². The van der Waals surface area contributed by atoms with E-state index in [0.29, 0.717) is 5.56 Å². The number of hydrogen-bond acceptors (Lipinski definition) is 5. The summed E-state index contributed by atoms with van der Waals surface area (Å²) in [5.74, 6) is -0.761. The van der Waals surface area contributed by atoms with Gasteiger partial charge in [-0.3, -0.25) is 10.1 Å². The zero-order chi connectivity index (χ0) is 17.0. The van der Waals surface area contributed by atoms with Gasteiger partial charge >= 0.3 is 5.97 Å². The standard InChI is InChI=1S/C16H15N3O4/c1-10-6-8-12(9-7-10)15(17)18-23-16(20)13-4-3-5-14(11(13)2)19(21)22/h3-9H,1-2H3,(H2,17,18). The van der Waals surface area contributed by atoms with Crippen molar-refractivity contribution < 1.29 is 14.6 Å². The number of nitrogens with two attached hydrogens (primary N) is 1. The van der Waals surface area contributed by atoms with Crippen LogP contribution in [0.4, 0.5) is 5.69 Å². The summed E-state index contributed by atoms with van der Waals surface area (Å²) in [7, 11) is 0. The molecule has 2 aromatic carbocycles. The van der Waals surface area contributed by atoms with Gasteiger partial charge in [-0.1, -0.05) is 41.1 Å². The van der Waals surface area contributed by atoms with Gasteiger partial charge in [0.25, 0.3) is 5.69 Å². The molecule has 118 valence electrons. The summed E-state index contributed by atoms with van der Waals surface area (Å²) in [5, 5.41) is 14.5. The van der Waals surface area contributed by atoms with Crippen LogP contribution < -0.4 is 5.73 Å². The molecule has 0 fully saturated rings. The molecule has 23 heavy (non-hydrogen) atoms. The lowest BCUT2D eigenvalue weighted by Crippen LogP contribution is -2.15. The van der Waals surface area contributed by atoms with E-state index in [9.17, 15) is 14.9 Å². The van der Waals surface area contributed by atoms with Gasteiger partial charge in [0.15, 0.2) is 5.84 Å². The van der Waals surface area contributed by atoms with Gasteiger partial charge in [-0.15, -0.1) is 0 Å². The van der Waals surface area contributed by atoms with Crippen molar-refractivity contribution in [3.8, 4) is 0 Å². The summed E-state index contributed by atoms with van der Waals surface area (Å²) in [6, 6.07) is 11.4. The van der Waals surface area contributed by atoms with E-state index in [4.69, 9.17) is 10.6 Å². The van der Waals surface area contributed by atoms with Crippen molar-refractivity contribution >= 4 is 17.5 Å². The molecule has 0 heterocycles. The molecule has 0 unspecified atom stereocenters. The number of carbonyl (C=O) groups is 1. The summed E-state index contributed by atoms with van der Waals surface area (Å²) >= 11 is 0. The van der Waals surface area contributed by atoms with Crippen LogP contribution in [0, 0.1) is 24.0 Å². The van der Waals surface area contributed by atoms with Gasteiger partial charge in [0.1, 0.15) is 0 Å². The Bertz CT molecular complexity index is 782. The maximum atomic E-state index is 12.0. The number of hydrogen-bond donors (Lipinski definition) is 1. The third kappa shape index (κ3) is 3.70. The van der Waals surface area contributed by atoms with E-state index in [1.165, 1.54) is 25.1 Å². The van der Waals surface area contributed by atoms with Gasteiger partial charge < -0.3 is 10.6 Å². The summed E-state index contributed by atoms with van der Waals surface area (Å²) in [6.45, 7) is 3.41. The van der Waals surface area contributed by atoms with Crippen LogP contribution >= 0.6 is 0 Å². The third-order valence-corrected chi connectivity index (χ3v) is 3.30. The van der Waals surface area contributed by atoms with Gasteiger partial charge in [0.05, 0.1) is 10.5 Å². The van der Waals surface area contributed by atoms with Crippen LogP contribution in [0.1, 0.15) is 27.0 Å². The lowest BCUT2D eigenvalue weighted by Gasteiger charge is -2.04. The predicted molar refractivity (Wildman–Crippen MR) is 85.2 cm³/mol. The average molecular weight is 313 g/mol. The molecule has 0 radical (unpaired) electrons. The second kappa shape index (κ2) is 6.69. The fourth-order valence-corrected chi connectivity index (χ4v) is 1.96. The zero-order valence-electron chi connectivity index (χ0n) is 12.6. The first kappa shape index (κ1) is 16.2. The minimum absolute atomic E-state index is 0.0430. The average Bonchev–Trinajstić information content (AvgIpc) is 2.53. The maximum Gasteiger partial charge on any atom is 0.366 e. The zero-order valence-corrected chi connectivity index (χ0v) is 12.6. The van der Waals surface area contributed by atoms with E-state index in [1.807, 2.05) is 19.1 Å². The molecule has 0 atom stereocenters. The number of nitro groups is 1. The second-order valence-electron chi connectivity index (χ2n) is 4.93. The first-order chi connectivity index (χ1) is 10.9. The lowest BCUT2D eigenvalue weighted by atomic mass is 10.1. The topological polar surface area (TPSA) is 108 Å². The van der Waals surface area contributed by atoms with Gasteiger partial charge in [0.2, 0.25) is 0 Å². The number of carbonyl (C=O) groups excluding carboxylic acids is 1. The van der Waals surface area contributed by atoms with E-state index in [2.05, 4.69) is 5.16 Å². The lowest BCUT2D eigenvalue weighted by molar-refractivity contribution is -0.385. The van der Waals surface area contributed by atoms with Crippen molar-refractivity contribution in [2.24, 2.45) is 10.9 Å². The fraction of sp³-hybridized carbons (Fsp3) is 0.125. The Hall–Kier alpha value is -3.22. The van der Waals surface area contributed by atoms with Crippen molar-refractivity contribution in [2.75, 3.05) is 0 Å². The van der Waals surface area contributed by atoms with Gasteiger partial charge in [-0.2, -0.15) is 0 Å². The number of amidine groups is 1. The molecule has 7 nitrogen and oxygen atoms in total. The molecule has 0 bridgehead atoms. The molecule has 0 aliphatic heterocycles. The van der Waals surface area contributed by atoms with Crippen LogP contribution in [-0.4, -0.2) is 16.7 Å². The van der Waals surface area contributed by atoms with Crippen molar-refractivity contribution in [1.82, 2.24) is 0 Å². The summed E-state index contributed by atoms with van der Waals surface area (Å²) in [4.78, 5) is 27.1. The highest BCUT2D eigenvalue weighted by molar-refractivity contribution is 5.98. The third-order valence-electron chi connectivity index (χ3n) is 3.30. The Morgan fingerprint density at radius 3 is 2.43 bits per heavy atom. The Kier molecular flexibility index (Phi) is 4.70. The molecular weight excluding hydrogens is 298 g/mol. The highest BCUT2D eigenvalue weighted by atomic mass is 16.7. The highest BCUT2D eigenvalue weighted by Gasteiger charge is 2.19. The highest BCUT2D eigenvalue weighted by Crippen LogP contribution is 2.21. The molecule has 0 aliphatic rings. The Morgan fingerprint density at radius 2 is 1.83 bits per heavy atom. The minimum atomic E-state index is -0.804. The summed E-state index contributed by atoms with van der Waals surface area (Å²) in [6.07, 6.45) is 0. The van der Waals surface area contributed by atoms with Crippen LogP contribution in [0.15, 0.2) is 47.6 Å². The quantitative estimate of drug-likeness (QED) is 0.307. The molecule has 0 amide bonds. The van der Waals surface area contributed by atoms with E-state index >= 15 is 0 Å². The molecule has 0 spiro atoms. The number of rotatable bonds is 4. The number of oxime groups is 1. The molecule has 2 N–H and O–H groups in total. The van der Waals surface area contributed by atoms with E-state index in [0.717, 1.165) is 5.56 Å². The normalized spacial score (nSPS) is 11.1. The molecule has 7 heteroatoms. The van der Waals surface area contributed by atoms with Gasteiger partial charge in [0, 0.05) is 17.2 Å². The molecule has 0 aromatic heterocycles. The Morgan fingerprint density at radius 1 is 1.17 bits per heavy atom. The fourth-order valence-electron chi connectivity index (χ4n) is 1.96. The first-order valence-corrected chi connectivity index (χ1v) is 6.76. The van der Waals surface area contributed by atoms with Crippen LogP contribution in [0.25, 0.3) is 0 Å². The van der Waals surface area contributed by atoms with Crippen LogP contribution in [0.5, 0.6) is 0 Å². The summed E-state index contributed by atoms with van der Waals surface area (Å²) in [5.41, 5.74) is 7.55.